The predicted octanol–water partition coefficient (Wildman–Crippen LogP) is 4.09. The summed E-state index contributed by atoms with van der Waals surface area (Å²) in [7, 11) is 1.95. The normalized spacial score (nSPS) is 18.3. The fraction of sp³-hybridized carbons (Fsp3) is 0.500. The van der Waals surface area contributed by atoms with E-state index in [1.54, 1.807) is 6.20 Å². The van der Waals surface area contributed by atoms with E-state index in [-0.39, 0.29) is 16.9 Å². The molecule has 0 spiro atoms. The van der Waals surface area contributed by atoms with Gasteiger partial charge in [-0.3, -0.25) is 0 Å². The van der Waals surface area contributed by atoms with E-state index in [4.69, 9.17) is 4.98 Å². The summed E-state index contributed by atoms with van der Waals surface area (Å²) >= 11 is 0. The van der Waals surface area contributed by atoms with Gasteiger partial charge in [-0.1, -0.05) is 34.6 Å². The lowest BCUT2D eigenvalue weighted by molar-refractivity contribution is 0.284. The van der Waals surface area contributed by atoms with Crippen molar-refractivity contribution in [2.75, 3.05) is 5.32 Å². The molecule has 4 rings (SSSR count). The number of hydrogen-bond acceptors (Lipinski definition) is 6. The molecule has 0 radical (unpaired) electrons. The molecule has 3 aromatic rings. The second-order valence-corrected chi connectivity index (χ2v) is 9.75. The molecule has 0 fully saturated rings. The summed E-state index contributed by atoms with van der Waals surface area (Å²) in [5.41, 5.74) is 3.13. The van der Waals surface area contributed by atoms with Crippen LogP contribution in [0, 0.1) is 5.41 Å². The zero-order valence-corrected chi connectivity index (χ0v) is 18.1. The highest BCUT2D eigenvalue weighted by Crippen LogP contribution is 2.41. The van der Waals surface area contributed by atoms with E-state index < -0.39 is 0 Å². The van der Waals surface area contributed by atoms with Crippen LogP contribution in [-0.4, -0.2) is 29.7 Å². The molecule has 3 aromatic heterocycles. The summed E-state index contributed by atoms with van der Waals surface area (Å²) < 4.78 is 1.93. The smallest absolute Gasteiger partial charge is 0.160 e. The van der Waals surface area contributed by atoms with Crippen LogP contribution in [-0.2, 0) is 18.9 Å². The molecule has 1 atom stereocenters. The van der Waals surface area contributed by atoms with Gasteiger partial charge >= 0.3 is 0 Å². The lowest BCUT2D eigenvalue weighted by Crippen LogP contribution is -2.32. The third-order valence-electron chi connectivity index (χ3n) is 5.39. The van der Waals surface area contributed by atoms with Crippen molar-refractivity contribution in [1.29, 1.82) is 0 Å². The molecule has 0 aliphatic heterocycles. The average Bonchev–Trinajstić information content (AvgIpc) is 3.06. The van der Waals surface area contributed by atoms with Crippen molar-refractivity contribution in [1.82, 2.24) is 29.7 Å². The largest absolute Gasteiger partial charge is 0.362 e. The third-order valence-corrected chi connectivity index (χ3v) is 5.39. The lowest BCUT2D eigenvalue weighted by atomic mass is 9.74. The Labute approximate surface area is 172 Å². The minimum absolute atomic E-state index is 0.0637. The number of nitrogens with zero attached hydrogens (tertiary/aromatic N) is 6. The van der Waals surface area contributed by atoms with Gasteiger partial charge in [0.2, 0.25) is 0 Å². The zero-order valence-electron chi connectivity index (χ0n) is 18.1. The summed E-state index contributed by atoms with van der Waals surface area (Å²) in [6.45, 7) is 11.0. The molecular formula is C22H29N7. The predicted molar refractivity (Wildman–Crippen MR) is 113 cm³/mol. The van der Waals surface area contributed by atoms with Crippen LogP contribution in [0.2, 0.25) is 0 Å². The monoisotopic (exact) mass is 391 g/mol. The van der Waals surface area contributed by atoms with Gasteiger partial charge in [0.15, 0.2) is 5.82 Å². The second-order valence-electron chi connectivity index (χ2n) is 9.75. The summed E-state index contributed by atoms with van der Waals surface area (Å²) in [6, 6.07) is 4.02. The number of hydrogen-bond donors (Lipinski definition) is 1. The molecule has 3 heterocycles. The van der Waals surface area contributed by atoms with Crippen LogP contribution in [0.5, 0.6) is 0 Å². The quantitative estimate of drug-likeness (QED) is 0.724. The molecule has 0 saturated carbocycles. The van der Waals surface area contributed by atoms with Crippen molar-refractivity contribution in [3.63, 3.8) is 0 Å². The maximum Gasteiger partial charge on any atom is 0.160 e. The van der Waals surface area contributed by atoms with Gasteiger partial charge in [-0.2, -0.15) is 0 Å². The molecule has 29 heavy (non-hydrogen) atoms. The van der Waals surface area contributed by atoms with Crippen molar-refractivity contribution in [2.45, 2.75) is 58.9 Å². The SMILES string of the molecule is Cn1ccnc1-c1ccc(N[C@H]2CC(C)(C)Cc3nc(C(C)(C)C)ncc32)nn1. The lowest BCUT2D eigenvalue weighted by Gasteiger charge is -2.37. The van der Waals surface area contributed by atoms with Crippen LogP contribution in [0.1, 0.15) is 64.2 Å². The summed E-state index contributed by atoms with van der Waals surface area (Å²) in [5.74, 6) is 2.44. The first-order valence-corrected chi connectivity index (χ1v) is 10.1. The van der Waals surface area contributed by atoms with E-state index in [9.17, 15) is 0 Å². The van der Waals surface area contributed by atoms with E-state index >= 15 is 0 Å². The maximum atomic E-state index is 4.93. The first kappa shape index (κ1) is 19.5. The van der Waals surface area contributed by atoms with E-state index in [0.717, 1.165) is 47.3 Å². The standard InChI is InChI=1S/C22H29N7/c1-21(2,3)20-24-13-14-16(11-22(4,5)12-17(14)26-20)25-18-8-7-15(27-28-18)19-23-9-10-29(19)6/h7-10,13,16H,11-12H2,1-6H3,(H,25,28)/t16-/m0/s1. The van der Waals surface area contributed by atoms with Crippen molar-refractivity contribution in [2.24, 2.45) is 12.5 Å². The number of imidazole rings is 1. The molecule has 0 saturated heterocycles. The number of fused-ring (bicyclic) bond motifs is 1. The van der Waals surface area contributed by atoms with Crippen LogP contribution in [0.15, 0.2) is 30.7 Å². The van der Waals surface area contributed by atoms with Crippen LogP contribution in [0.4, 0.5) is 5.82 Å². The maximum absolute atomic E-state index is 4.93. The molecule has 1 N–H and O–H groups in total. The molecule has 0 unspecified atom stereocenters. The van der Waals surface area contributed by atoms with Gasteiger partial charge in [0.05, 0.1) is 6.04 Å². The van der Waals surface area contributed by atoms with E-state index in [0.29, 0.717) is 0 Å². The van der Waals surface area contributed by atoms with Crippen LogP contribution in [0.25, 0.3) is 11.5 Å². The van der Waals surface area contributed by atoms with E-state index in [1.807, 2.05) is 36.1 Å². The Morgan fingerprint density at radius 2 is 1.93 bits per heavy atom. The summed E-state index contributed by atoms with van der Waals surface area (Å²) in [6.07, 6.45) is 7.59. The molecule has 7 heteroatoms. The fourth-order valence-electron chi connectivity index (χ4n) is 3.86. The van der Waals surface area contributed by atoms with Gasteiger partial charge in [0.25, 0.3) is 0 Å². The highest BCUT2D eigenvalue weighted by atomic mass is 15.2. The Balaban J connectivity index is 1.61. The summed E-state index contributed by atoms with van der Waals surface area (Å²) in [4.78, 5) is 13.9. The number of anilines is 1. The van der Waals surface area contributed by atoms with E-state index in [1.165, 1.54) is 0 Å². The van der Waals surface area contributed by atoms with Crippen LogP contribution < -0.4 is 5.32 Å². The van der Waals surface area contributed by atoms with Gasteiger partial charge in [-0.25, -0.2) is 15.0 Å². The number of nitrogens with one attached hydrogen (secondary N) is 1. The average molecular weight is 392 g/mol. The van der Waals surface area contributed by atoms with E-state index in [2.05, 4.69) is 60.1 Å². The third kappa shape index (κ3) is 3.99. The highest BCUT2D eigenvalue weighted by molar-refractivity contribution is 5.51. The molecule has 0 amide bonds. The first-order chi connectivity index (χ1) is 13.6. The second kappa shape index (κ2) is 6.90. The Morgan fingerprint density at radius 1 is 1.14 bits per heavy atom. The molecule has 1 aliphatic carbocycles. The van der Waals surface area contributed by atoms with Crippen molar-refractivity contribution < 1.29 is 0 Å². The number of aryl methyl sites for hydroxylation is 1. The molecule has 1 aliphatic rings. The Morgan fingerprint density at radius 3 is 2.55 bits per heavy atom. The van der Waals surface area contributed by atoms with Gasteiger partial charge in [0.1, 0.15) is 17.3 Å². The van der Waals surface area contributed by atoms with Gasteiger partial charge in [0, 0.05) is 42.3 Å². The Hall–Kier alpha value is -2.83. The fourth-order valence-corrected chi connectivity index (χ4v) is 3.86. The topological polar surface area (TPSA) is 81.4 Å². The van der Waals surface area contributed by atoms with Crippen molar-refractivity contribution >= 4 is 5.82 Å². The van der Waals surface area contributed by atoms with Gasteiger partial charge in [-0.05, 0) is 30.4 Å². The zero-order chi connectivity index (χ0) is 20.8. The van der Waals surface area contributed by atoms with Crippen molar-refractivity contribution in [3.8, 4) is 11.5 Å². The highest BCUT2D eigenvalue weighted by Gasteiger charge is 2.34. The number of rotatable bonds is 3. The Kier molecular flexibility index (Phi) is 4.63. The number of aromatic nitrogens is 6. The minimum atomic E-state index is -0.0637. The van der Waals surface area contributed by atoms with Crippen LogP contribution in [0.3, 0.4) is 0 Å². The molecule has 7 nitrogen and oxygen atoms in total. The van der Waals surface area contributed by atoms with Crippen LogP contribution >= 0.6 is 0 Å². The van der Waals surface area contributed by atoms with Gasteiger partial charge < -0.3 is 9.88 Å². The molecule has 0 bridgehead atoms. The minimum Gasteiger partial charge on any atom is -0.362 e. The summed E-state index contributed by atoms with van der Waals surface area (Å²) in [5, 5.41) is 12.3. The van der Waals surface area contributed by atoms with Crippen molar-refractivity contribution in [3.05, 3.63) is 47.8 Å². The Bertz CT molecular complexity index is 1010. The molecular weight excluding hydrogens is 362 g/mol. The van der Waals surface area contributed by atoms with Gasteiger partial charge in [-0.15, -0.1) is 10.2 Å². The first-order valence-electron chi connectivity index (χ1n) is 10.1. The molecule has 0 aromatic carbocycles. The molecule has 152 valence electrons.